The highest BCUT2D eigenvalue weighted by Gasteiger charge is 2.05. The summed E-state index contributed by atoms with van der Waals surface area (Å²) in [4.78, 5) is 20.8. The quantitative estimate of drug-likeness (QED) is 0.718. The van der Waals surface area contributed by atoms with Crippen LogP contribution in [-0.2, 0) is 14.3 Å². The van der Waals surface area contributed by atoms with Gasteiger partial charge in [0, 0.05) is 12.8 Å². The average molecular weight is 274 g/mol. The Balaban J connectivity index is 0. The Morgan fingerprint density at radius 3 is 1.63 bits per heavy atom. The predicted molar refractivity (Wildman–Crippen MR) is 77.0 cm³/mol. The Morgan fingerprint density at radius 2 is 1.37 bits per heavy atom. The summed E-state index contributed by atoms with van der Waals surface area (Å²) in [5.41, 5.74) is 0. The van der Waals surface area contributed by atoms with Crippen LogP contribution in [0.3, 0.4) is 0 Å². The van der Waals surface area contributed by atoms with Crippen molar-refractivity contribution >= 4 is 11.9 Å². The number of aliphatic carboxylic acids is 1. The fourth-order valence-corrected chi connectivity index (χ4v) is 1.15. The molecule has 4 heteroatoms. The molecular weight excluding hydrogens is 244 g/mol. The zero-order valence-corrected chi connectivity index (χ0v) is 13.2. The second-order valence-electron chi connectivity index (χ2n) is 5.99. The van der Waals surface area contributed by atoms with Crippen LogP contribution in [0.4, 0.5) is 0 Å². The molecule has 0 spiro atoms. The third kappa shape index (κ3) is 22.6. The fourth-order valence-electron chi connectivity index (χ4n) is 1.15. The van der Waals surface area contributed by atoms with Crippen LogP contribution in [0.25, 0.3) is 0 Å². The number of rotatable bonds is 7. The van der Waals surface area contributed by atoms with Gasteiger partial charge in [-0.05, 0) is 24.2 Å². The summed E-state index contributed by atoms with van der Waals surface area (Å²) in [7, 11) is 0. The highest BCUT2D eigenvalue weighted by molar-refractivity contribution is 5.69. The van der Waals surface area contributed by atoms with Crippen molar-refractivity contribution in [2.45, 2.75) is 60.8 Å². The molecule has 0 aromatic rings. The van der Waals surface area contributed by atoms with Crippen LogP contribution in [0.5, 0.6) is 0 Å². The molecule has 0 aliphatic carbocycles. The topological polar surface area (TPSA) is 63.6 Å². The van der Waals surface area contributed by atoms with E-state index in [9.17, 15) is 9.59 Å². The van der Waals surface area contributed by atoms with Gasteiger partial charge in [-0.1, -0.05) is 41.5 Å². The Kier molecular flexibility index (Phi) is 12.8. The molecule has 0 amide bonds. The molecule has 0 aromatic heterocycles. The molecule has 0 saturated heterocycles. The van der Waals surface area contributed by atoms with Crippen LogP contribution in [-0.4, -0.2) is 23.7 Å². The molecule has 0 saturated carbocycles. The summed E-state index contributed by atoms with van der Waals surface area (Å²) in [6, 6.07) is 0. The first kappa shape index (κ1) is 20.3. The monoisotopic (exact) mass is 274 g/mol. The molecule has 114 valence electrons. The van der Waals surface area contributed by atoms with Gasteiger partial charge in [0.25, 0.3) is 0 Å². The lowest BCUT2D eigenvalue weighted by molar-refractivity contribution is -0.144. The van der Waals surface area contributed by atoms with Crippen molar-refractivity contribution in [2.24, 2.45) is 17.8 Å². The lowest BCUT2D eigenvalue weighted by Crippen LogP contribution is -2.09. The lowest BCUT2D eigenvalue weighted by Gasteiger charge is -2.07. The second-order valence-corrected chi connectivity index (χ2v) is 5.99. The van der Waals surface area contributed by atoms with Crippen molar-refractivity contribution in [3.05, 3.63) is 0 Å². The minimum atomic E-state index is -0.713. The summed E-state index contributed by atoms with van der Waals surface area (Å²) in [5.74, 6) is 0.506. The maximum Gasteiger partial charge on any atom is 0.306 e. The Morgan fingerprint density at radius 1 is 0.895 bits per heavy atom. The van der Waals surface area contributed by atoms with Gasteiger partial charge in [-0.3, -0.25) is 9.59 Å². The number of carboxylic acid groups (broad SMARTS) is 1. The first-order valence-corrected chi connectivity index (χ1v) is 7.02. The van der Waals surface area contributed by atoms with Crippen LogP contribution in [0, 0.1) is 17.8 Å². The molecule has 19 heavy (non-hydrogen) atoms. The van der Waals surface area contributed by atoms with Gasteiger partial charge in [-0.2, -0.15) is 0 Å². The minimum absolute atomic E-state index is 0.0642. The smallest absolute Gasteiger partial charge is 0.306 e. The molecule has 0 atom stereocenters. The lowest BCUT2D eigenvalue weighted by atomic mass is 10.1. The van der Waals surface area contributed by atoms with Crippen molar-refractivity contribution in [1.82, 2.24) is 0 Å². The van der Waals surface area contributed by atoms with E-state index in [0.29, 0.717) is 24.9 Å². The van der Waals surface area contributed by atoms with Gasteiger partial charge in [0.05, 0.1) is 6.61 Å². The van der Waals surface area contributed by atoms with Gasteiger partial charge in [-0.25, -0.2) is 0 Å². The molecule has 0 heterocycles. The zero-order valence-electron chi connectivity index (χ0n) is 13.2. The summed E-state index contributed by atoms with van der Waals surface area (Å²) in [6.45, 7) is 12.6. The number of carboxylic acids is 1. The summed E-state index contributed by atoms with van der Waals surface area (Å²) in [5, 5.41) is 8.08. The van der Waals surface area contributed by atoms with Crippen LogP contribution in [0.15, 0.2) is 0 Å². The van der Waals surface area contributed by atoms with Crippen LogP contribution >= 0.6 is 0 Å². The normalized spacial score (nSPS) is 10.4. The fraction of sp³-hybridized carbons (Fsp3) is 0.867. The molecule has 0 aliphatic heterocycles. The molecule has 0 aromatic carbocycles. The van der Waals surface area contributed by atoms with Crippen molar-refractivity contribution in [3.63, 3.8) is 0 Å². The number of hydrogen-bond donors (Lipinski definition) is 1. The van der Waals surface area contributed by atoms with Gasteiger partial charge in [-0.15, -0.1) is 0 Å². The molecule has 0 rings (SSSR count). The number of carbonyl (C=O) groups excluding carboxylic acids is 1. The predicted octanol–water partition coefficient (Wildman–Crippen LogP) is 3.74. The van der Waals surface area contributed by atoms with E-state index in [1.54, 1.807) is 0 Å². The maximum atomic E-state index is 11.0. The van der Waals surface area contributed by atoms with Gasteiger partial charge in [0.1, 0.15) is 0 Å². The van der Waals surface area contributed by atoms with Crippen LogP contribution in [0.2, 0.25) is 0 Å². The zero-order chi connectivity index (χ0) is 15.4. The summed E-state index contributed by atoms with van der Waals surface area (Å²) >= 11 is 0. The SMILES string of the molecule is CC(C)CC(=O)O.CC(C)CCOC(=O)CC(C)C. The summed E-state index contributed by atoms with van der Waals surface area (Å²) < 4.78 is 5.02. The van der Waals surface area contributed by atoms with Gasteiger partial charge >= 0.3 is 11.9 Å². The van der Waals surface area contributed by atoms with E-state index < -0.39 is 5.97 Å². The highest BCUT2D eigenvalue weighted by Crippen LogP contribution is 2.03. The standard InChI is InChI=1S/C10H20O2.C5H10O2/c1-8(2)5-6-12-10(11)7-9(3)4;1-4(2)3-5(6)7/h8-9H,5-7H2,1-4H3;4H,3H2,1-2H3,(H,6,7). The minimum Gasteiger partial charge on any atom is -0.481 e. The van der Waals surface area contributed by atoms with Crippen molar-refractivity contribution in [1.29, 1.82) is 0 Å². The van der Waals surface area contributed by atoms with E-state index in [2.05, 4.69) is 13.8 Å². The number of ether oxygens (including phenoxy) is 1. The molecule has 4 nitrogen and oxygen atoms in total. The van der Waals surface area contributed by atoms with Gasteiger partial charge < -0.3 is 9.84 Å². The molecule has 0 fully saturated rings. The molecule has 0 bridgehead atoms. The Bertz CT molecular complexity index is 245. The van der Waals surface area contributed by atoms with E-state index >= 15 is 0 Å². The van der Waals surface area contributed by atoms with Crippen LogP contribution in [0.1, 0.15) is 60.8 Å². The van der Waals surface area contributed by atoms with E-state index in [0.717, 1.165) is 6.42 Å². The van der Waals surface area contributed by atoms with Crippen molar-refractivity contribution in [3.8, 4) is 0 Å². The molecular formula is C15H30O4. The van der Waals surface area contributed by atoms with Crippen LogP contribution < -0.4 is 0 Å². The average Bonchev–Trinajstić information content (AvgIpc) is 2.13. The molecule has 0 radical (unpaired) electrons. The number of hydrogen-bond acceptors (Lipinski definition) is 3. The third-order valence-electron chi connectivity index (χ3n) is 2.12. The van der Waals surface area contributed by atoms with Gasteiger partial charge in [0.2, 0.25) is 0 Å². The summed E-state index contributed by atoms with van der Waals surface area (Å²) in [6.07, 6.45) is 1.78. The number of carbonyl (C=O) groups is 2. The van der Waals surface area contributed by atoms with E-state index in [4.69, 9.17) is 9.84 Å². The first-order valence-electron chi connectivity index (χ1n) is 7.02. The highest BCUT2D eigenvalue weighted by atomic mass is 16.5. The van der Waals surface area contributed by atoms with Crippen molar-refractivity contribution < 1.29 is 19.4 Å². The molecule has 0 aliphatic rings. The molecule has 0 unspecified atom stereocenters. The largest absolute Gasteiger partial charge is 0.481 e. The Labute approximate surface area is 117 Å². The maximum absolute atomic E-state index is 11.0. The second kappa shape index (κ2) is 12.0. The van der Waals surface area contributed by atoms with E-state index in [1.807, 2.05) is 27.7 Å². The van der Waals surface area contributed by atoms with E-state index in [-0.39, 0.29) is 18.3 Å². The number of esters is 1. The van der Waals surface area contributed by atoms with E-state index in [1.165, 1.54) is 0 Å². The molecule has 1 N–H and O–H groups in total. The Hall–Kier alpha value is -1.06. The van der Waals surface area contributed by atoms with Gasteiger partial charge in [0.15, 0.2) is 0 Å². The first-order chi connectivity index (χ1) is 8.65. The van der Waals surface area contributed by atoms with Crippen molar-refractivity contribution in [2.75, 3.05) is 6.61 Å². The third-order valence-corrected chi connectivity index (χ3v) is 2.12.